The fraction of sp³-hybridized carbons (Fsp3) is 0.129. The maximum absolute atomic E-state index is 11.2. The summed E-state index contributed by atoms with van der Waals surface area (Å²) < 4.78 is 0. The molecule has 1 aromatic heterocycles. The Balaban J connectivity index is 1.72. The van der Waals surface area contributed by atoms with Crippen LogP contribution in [-0.2, 0) is 0 Å². The third kappa shape index (κ3) is 5.41. The number of hydrogen-bond acceptors (Lipinski definition) is 4. The lowest BCUT2D eigenvalue weighted by Gasteiger charge is -2.22. The van der Waals surface area contributed by atoms with Gasteiger partial charge in [-0.15, -0.1) is 0 Å². The van der Waals surface area contributed by atoms with Gasteiger partial charge in [0.05, 0.1) is 11.3 Å². The van der Waals surface area contributed by atoms with E-state index in [9.17, 15) is 10.0 Å². The first-order chi connectivity index (χ1) is 17.4. The van der Waals surface area contributed by atoms with E-state index in [0.717, 1.165) is 44.6 Å². The number of aryl methyl sites for hydroxylation is 2. The molecular weight excluding hydrogens is 448 g/mol. The van der Waals surface area contributed by atoms with Crippen LogP contribution in [0.15, 0.2) is 96.8 Å². The Morgan fingerprint density at radius 1 is 0.944 bits per heavy atom. The van der Waals surface area contributed by atoms with Crippen molar-refractivity contribution in [3.05, 3.63) is 131 Å². The molecule has 0 unspecified atom stereocenters. The maximum atomic E-state index is 11.2. The predicted octanol–water partition coefficient (Wildman–Crippen LogP) is 7.11. The highest BCUT2D eigenvalue weighted by Gasteiger charge is 2.21. The third-order valence-corrected chi connectivity index (χ3v) is 6.43. The van der Waals surface area contributed by atoms with Gasteiger partial charge in [-0.05, 0) is 71.5 Å². The number of rotatable bonds is 8. The first-order valence-electron chi connectivity index (χ1n) is 11.7. The summed E-state index contributed by atoms with van der Waals surface area (Å²) in [5, 5.41) is 22.8. The maximum Gasteiger partial charge on any atom is 0.335 e. The van der Waals surface area contributed by atoms with E-state index in [1.807, 2.05) is 55.5 Å². The van der Waals surface area contributed by atoms with E-state index >= 15 is 0 Å². The Hall–Kier alpha value is -4.51. The second-order valence-electron chi connectivity index (χ2n) is 8.81. The van der Waals surface area contributed by atoms with Gasteiger partial charge in [0, 0.05) is 29.8 Å². The van der Waals surface area contributed by atoms with E-state index in [1.165, 1.54) is 0 Å². The van der Waals surface area contributed by atoms with Gasteiger partial charge in [-0.3, -0.25) is 4.98 Å². The summed E-state index contributed by atoms with van der Waals surface area (Å²) >= 11 is 0. The van der Waals surface area contributed by atoms with Crippen LogP contribution in [0, 0.1) is 13.8 Å². The molecule has 5 heteroatoms. The topological polar surface area (TPSA) is 82.8 Å². The Morgan fingerprint density at radius 2 is 1.61 bits per heavy atom. The van der Waals surface area contributed by atoms with Crippen molar-refractivity contribution in [1.29, 1.82) is 0 Å². The summed E-state index contributed by atoms with van der Waals surface area (Å²) in [7, 11) is 0. The molecule has 0 aliphatic rings. The van der Waals surface area contributed by atoms with Crippen LogP contribution in [0.5, 0.6) is 0 Å². The number of benzene rings is 3. The molecule has 0 bridgehead atoms. The molecule has 1 atom stereocenters. The van der Waals surface area contributed by atoms with Gasteiger partial charge in [0.1, 0.15) is 0 Å². The van der Waals surface area contributed by atoms with Crippen LogP contribution < -0.4 is 0 Å². The van der Waals surface area contributed by atoms with Crippen LogP contribution in [0.3, 0.4) is 0 Å². The predicted molar refractivity (Wildman–Crippen MR) is 144 cm³/mol. The quantitative estimate of drug-likeness (QED) is 0.161. The summed E-state index contributed by atoms with van der Waals surface area (Å²) in [5.74, 6) is -0.991. The molecule has 0 saturated heterocycles. The highest BCUT2D eigenvalue weighted by molar-refractivity contribution is 6.01. The number of carboxylic acids is 1. The Bertz CT molecular complexity index is 1420. The number of hydrogen-bond donors (Lipinski definition) is 2. The van der Waals surface area contributed by atoms with Crippen molar-refractivity contribution in [3.8, 4) is 11.1 Å². The minimum absolute atomic E-state index is 0.0494. The van der Waals surface area contributed by atoms with E-state index in [1.54, 1.807) is 18.3 Å². The first kappa shape index (κ1) is 24.6. The van der Waals surface area contributed by atoms with Crippen molar-refractivity contribution in [2.75, 3.05) is 0 Å². The third-order valence-electron chi connectivity index (χ3n) is 6.43. The second kappa shape index (κ2) is 10.8. The summed E-state index contributed by atoms with van der Waals surface area (Å²) in [4.78, 5) is 15.4. The van der Waals surface area contributed by atoms with Gasteiger partial charge >= 0.3 is 5.97 Å². The van der Waals surface area contributed by atoms with Crippen LogP contribution in [-0.4, -0.2) is 27.0 Å². The minimum atomic E-state index is -0.941. The summed E-state index contributed by atoms with van der Waals surface area (Å²) in [6, 6.07) is 25.1. The molecule has 2 N–H and O–H groups in total. The van der Waals surface area contributed by atoms with Crippen molar-refractivity contribution in [2.45, 2.75) is 26.2 Å². The van der Waals surface area contributed by atoms with Crippen molar-refractivity contribution >= 4 is 17.8 Å². The molecule has 4 rings (SSSR count). The monoisotopic (exact) mass is 476 g/mol. The largest absolute Gasteiger partial charge is 0.478 e. The number of nitrogens with zero attached hydrogens (tertiary/aromatic N) is 2. The van der Waals surface area contributed by atoms with Gasteiger partial charge in [0.15, 0.2) is 0 Å². The molecule has 0 saturated carbocycles. The van der Waals surface area contributed by atoms with Crippen LogP contribution >= 0.6 is 0 Å². The van der Waals surface area contributed by atoms with Crippen LogP contribution in [0.4, 0.5) is 0 Å². The van der Waals surface area contributed by atoms with Gasteiger partial charge in [-0.2, -0.15) is 0 Å². The summed E-state index contributed by atoms with van der Waals surface area (Å²) in [5.41, 5.74) is 8.90. The van der Waals surface area contributed by atoms with E-state index in [0.29, 0.717) is 12.1 Å². The summed E-state index contributed by atoms with van der Waals surface area (Å²) in [6.07, 6.45) is 4.05. The SMILES string of the molecule is C=Cc1ccc([C@@H](C/C(=N\O)c2ccnc(C)c2)c2ccc(-c3ccc(C(=O)O)cc3)cc2)c(C)c1. The molecule has 0 radical (unpaired) electrons. The van der Waals surface area contributed by atoms with E-state index in [-0.39, 0.29) is 11.5 Å². The number of carboxylic acid groups (broad SMARTS) is 1. The fourth-order valence-corrected chi connectivity index (χ4v) is 4.47. The summed E-state index contributed by atoms with van der Waals surface area (Å²) in [6.45, 7) is 7.87. The van der Waals surface area contributed by atoms with Crippen LogP contribution in [0.25, 0.3) is 17.2 Å². The van der Waals surface area contributed by atoms with Crippen molar-refractivity contribution in [2.24, 2.45) is 5.16 Å². The molecule has 4 aromatic rings. The molecule has 36 heavy (non-hydrogen) atoms. The second-order valence-corrected chi connectivity index (χ2v) is 8.81. The van der Waals surface area contributed by atoms with Gasteiger partial charge in [-0.25, -0.2) is 4.79 Å². The van der Waals surface area contributed by atoms with Crippen LogP contribution in [0.2, 0.25) is 0 Å². The van der Waals surface area contributed by atoms with E-state index in [2.05, 4.69) is 47.9 Å². The average Bonchev–Trinajstić information content (AvgIpc) is 2.90. The molecule has 0 amide bonds. The number of oxime groups is 1. The van der Waals surface area contributed by atoms with Crippen molar-refractivity contribution in [3.63, 3.8) is 0 Å². The zero-order chi connectivity index (χ0) is 25.7. The molecule has 0 fully saturated rings. The number of aromatic carboxylic acids is 1. The van der Waals surface area contributed by atoms with Gasteiger partial charge < -0.3 is 10.3 Å². The highest BCUT2D eigenvalue weighted by atomic mass is 16.4. The molecule has 0 aliphatic heterocycles. The molecular formula is C31H28N2O3. The smallest absolute Gasteiger partial charge is 0.335 e. The van der Waals surface area contributed by atoms with Gasteiger partial charge in [0.25, 0.3) is 0 Å². The van der Waals surface area contributed by atoms with Crippen molar-refractivity contribution in [1.82, 2.24) is 4.98 Å². The zero-order valence-corrected chi connectivity index (χ0v) is 20.3. The normalized spacial score (nSPS) is 12.2. The standard InChI is InChI=1S/C31H28N2O3/c1-4-22-5-14-28(20(2)17-22)29(19-30(33-36)27-15-16-32-21(3)18-27)25-10-6-23(7-11-25)24-8-12-26(13-9-24)31(34)35/h4-18,29,36H,1,19H2,2-3H3,(H,34,35)/b33-30+/t29-/m0/s1. The van der Waals surface area contributed by atoms with E-state index in [4.69, 9.17) is 5.11 Å². The Kier molecular flexibility index (Phi) is 7.40. The number of aromatic nitrogens is 1. The lowest BCUT2D eigenvalue weighted by molar-refractivity contribution is 0.0697. The number of pyridine rings is 1. The van der Waals surface area contributed by atoms with Gasteiger partial charge in [-0.1, -0.05) is 72.4 Å². The molecule has 0 aliphatic carbocycles. The Labute approximate surface area is 211 Å². The van der Waals surface area contributed by atoms with Gasteiger partial charge in [0.2, 0.25) is 0 Å². The highest BCUT2D eigenvalue weighted by Crippen LogP contribution is 2.34. The zero-order valence-electron chi connectivity index (χ0n) is 20.3. The molecule has 180 valence electrons. The average molecular weight is 477 g/mol. The molecule has 3 aromatic carbocycles. The Morgan fingerprint density at radius 3 is 2.17 bits per heavy atom. The van der Waals surface area contributed by atoms with E-state index < -0.39 is 5.97 Å². The van der Waals surface area contributed by atoms with Crippen LogP contribution in [0.1, 0.15) is 56.2 Å². The lowest BCUT2D eigenvalue weighted by Crippen LogP contribution is -2.12. The fourth-order valence-electron chi connectivity index (χ4n) is 4.47. The molecule has 1 heterocycles. The lowest BCUT2D eigenvalue weighted by atomic mass is 9.82. The first-order valence-corrected chi connectivity index (χ1v) is 11.7. The number of carbonyl (C=O) groups is 1. The molecule has 0 spiro atoms. The van der Waals surface area contributed by atoms with Crippen molar-refractivity contribution < 1.29 is 15.1 Å². The minimum Gasteiger partial charge on any atom is -0.478 e. The molecule has 5 nitrogen and oxygen atoms in total.